The molecule has 1 N–H and O–H groups in total. The lowest BCUT2D eigenvalue weighted by Gasteiger charge is -2.35. The SMILES string of the molecule is O=C([C@H]1CCCNC1)N1CCC(CCF)CC1. The van der Waals surface area contributed by atoms with E-state index >= 15 is 0 Å². The molecule has 2 fully saturated rings. The molecule has 2 heterocycles. The Morgan fingerprint density at radius 1 is 1.29 bits per heavy atom. The van der Waals surface area contributed by atoms with Gasteiger partial charge in [0.1, 0.15) is 0 Å². The minimum Gasteiger partial charge on any atom is -0.342 e. The van der Waals surface area contributed by atoms with Crippen LogP contribution in [0.3, 0.4) is 0 Å². The molecule has 3 nitrogen and oxygen atoms in total. The summed E-state index contributed by atoms with van der Waals surface area (Å²) >= 11 is 0. The lowest BCUT2D eigenvalue weighted by molar-refractivity contribution is -0.137. The average molecular weight is 242 g/mol. The zero-order valence-corrected chi connectivity index (χ0v) is 10.5. The highest BCUT2D eigenvalue weighted by atomic mass is 19.1. The normalized spacial score (nSPS) is 27.1. The molecule has 2 aliphatic rings. The maximum Gasteiger partial charge on any atom is 0.226 e. The maximum absolute atomic E-state index is 12.2. The van der Waals surface area contributed by atoms with Crippen molar-refractivity contribution in [1.82, 2.24) is 10.2 Å². The molecule has 2 aliphatic heterocycles. The second-order valence-corrected chi connectivity index (χ2v) is 5.29. The molecule has 0 bridgehead atoms. The molecule has 0 aliphatic carbocycles. The number of hydrogen-bond donors (Lipinski definition) is 1. The smallest absolute Gasteiger partial charge is 0.226 e. The summed E-state index contributed by atoms with van der Waals surface area (Å²) in [6.45, 7) is 3.33. The van der Waals surface area contributed by atoms with Crippen molar-refractivity contribution in [3.05, 3.63) is 0 Å². The Labute approximate surface area is 103 Å². The van der Waals surface area contributed by atoms with Crippen molar-refractivity contribution in [2.24, 2.45) is 11.8 Å². The van der Waals surface area contributed by atoms with Gasteiger partial charge in [-0.2, -0.15) is 0 Å². The van der Waals surface area contributed by atoms with Crippen LogP contribution < -0.4 is 5.32 Å². The van der Waals surface area contributed by atoms with Crippen LogP contribution in [0.25, 0.3) is 0 Å². The van der Waals surface area contributed by atoms with Crippen molar-refractivity contribution >= 4 is 5.91 Å². The number of amides is 1. The van der Waals surface area contributed by atoms with Crippen molar-refractivity contribution in [3.8, 4) is 0 Å². The zero-order chi connectivity index (χ0) is 12.1. The Hall–Kier alpha value is -0.640. The van der Waals surface area contributed by atoms with Gasteiger partial charge >= 0.3 is 0 Å². The van der Waals surface area contributed by atoms with Gasteiger partial charge in [-0.1, -0.05) is 0 Å². The molecule has 0 unspecified atom stereocenters. The van der Waals surface area contributed by atoms with Crippen molar-refractivity contribution in [2.45, 2.75) is 32.1 Å². The second kappa shape index (κ2) is 6.34. The molecular weight excluding hydrogens is 219 g/mol. The van der Waals surface area contributed by atoms with E-state index in [1.54, 1.807) is 0 Å². The van der Waals surface area contributed by atoms with Gasteiger partial charge < -0.3 is 10.2 Å². The quantitative estimate of drug-likeness (QED) is 0.815. The first-order chi connectivity index (χ1) is 8.31. The summed E-state index contributed by atoms with van der Waals surface area (Å²) in [6, 6.07) is 0. The predicted molar refractivity (Wildman–Crippen MR) is 65.5 cm³/mol. The van der Waals surface area contributed by atoms with E-state index in [2.05, 4.69) is 5.32 Å². The first-order valence-electron chi connectivity index (χ1n) is 6.86. The number of likely N-dealkylation sites (tertiary alicyclic amines) is 1. The first kappa shape index (κ1) is 12.8. The first-order valence-corrected chi connectivity index (χ1v) is 6.86. The fourth-order valence-corrected chi connectivity index (χ4v) is 2.92. The molecule has 0 aromatic rings. The van der Waals surface area contributed by atoms with Gasteiger partial charge in [-0.15, -0.1) is 0 Å². The largest absolute Gasteiger partial charge is 0.342 e. The topological polar surface area (TPSA) is 32.3 Å². The molecular formula is C13H23FN2O. The Balaban J connectivity index is 1.77. The highest BCUT2D eigenvalue weighted by Crippen LogP contribution is 2.23. The summed E-state index contributed by atoms with van der Waals surface area (Å²) in [5, 5.41) is 3.29. The summed E-state index contributed by atoms with van der Waals surface area (Å²) < 4.78 is 12.2. The van der Waals surface area contributed by atoms with Crippen LogP contribution in [0.15, 0.2) is 0 Å². The van der Waals surface area contributed by atoms with E-state index in [0.29, 0.717) is 18.2 Å². The molecule has 1 atom stereocenters. The molecule has 1 amide bonds. The van der Waals surface area contributed by atoms with Crippen LogP contribution in [-0.4, -0.2) is 43.7 Å². The van der Waals surface area contributed by atoms with Crippen molar-refractivity contribution in [1.29, 1.82) is 0 Å². The van der Waals surface area contributed by atoms with Gasteiger partial charge in [0.15, 0.2) is 0 Å². The summed E-state index contributed by atoms with van der Waals surface area (Å²) in [7, 11) is 0. The lowest BCUT2D eigenvalue weighted by atomic mass is 9.92. The second-order valence-electron chi connectivity index (χ2n) is 5.29. The number of halogens is 1. The molecule has 2 rings (SSSR count). The number of rotatable bonds is 3. The lowest BCUT2D eigenvalue weighted by Crippen LogP contribution is -2.46. The Kier molecular flexibility index (Phi) is 4.77. The average Bonchev–Trinajstić information content (AvgIpc) is 2.40. The minimum atomic E-state index is -0.217. The van der Waals surface area contributed by atoms with Gasteiger partial charge in [-0.05, 0) is 44.6 Å². The summed E-state index contributed by atoms with van der Waals surface area (Å²) in [4.78, 5) is 14.2. The molecule has 0 saturated carbocycles. The van der Waals surface area contributed by atoms with Crippen LogP contribution in [0, 0.1) is 11.8 Å². The fraction of sp³-hybridized carbons (Fsp3) is 0.923. The maximum atomic E-state index is 12.2. The van der Waals surface area contributed by atoms with E-state index in [1.807, 2.05) is 4.90 Å². The van der Waals surface area contributed by atoms with Gasteiger partial charge in [-0.3, -0.25) is 9.18 Å². The van der Waals surface area contributed by atoms with Crippen LogP contribution in [-0.2, 0) is 4.79 Å². The van der Waals surface area contributed by atoms with E-state index < -0.39 is 0 Å². The summed E-state index contributed by atoms with van der Waals surface area (Å²) in [5.41, 5.74) is 0. The monoisotopic (exact) mass is 242 g/mol. The van der Waals surface area contributed by atoms with Crippen molar-refractivity contribution in [2.75, 3.05) is 32.9 Å². The number of piperidine rings is 2. The highest BCUT2D eigenvalue weighted by molar-refractivity contribution is 5.79. The summed E-state index contributed by atoms with van der Waals surface area (Å²) in [6.07, 6.45) is 4.77. The van der Waals surface area contributed by atoms with Gasteiger partial charge in [0.25, 0.3) is 0 Å². The van der Waals surface area contributed by atoms with Gasteiger partial charge in [0.05, 0.1) is 12.6 Å². The molecule has 98 valence electrons. The van der Waals surface area contributed by atoms with Crippen LogP contribution in [0.2, 0.25) is 0 Å². The Bertz CT molecular complexity index is 246. The van der Waals surface area contributed by atoms with Crippen molar-refractivity contribution in [3.63, 3.8) is 0 Å². The molecule has 0 aromatic heterocycles. The van der Waals surface area contributed by atoms with Gasteiger partial charge in [0.2, 0.25) is 5.91 Å². The predicted octanol–water partition coefficient (Wildman–Crippen LogP) is 1.58. The minimum absolute atomic E-state index is 0.182. The van der Waals surface area contributed by atoms with Crippen LogP contribution in [0.1, 0.15) is 32.1 Å². The molecule has 0 spiro atoms. The number of nitrogens with zero attached hydrogens (tertiary/aromatic N) is 1. The molecule has 4 heteroatoms. The standard InChI is InChI=1S/C13H23FN2O/c14-6-3-11-4-8-16(9-5-11)13(17)12-2-1-7-15-10-12/h11-12,15H,1-10H2/t12-/m0/s1. The van der Waals surface area contributed by atoms with E-state index in [1.165, 1.54) is 0 Å². The van der Waals surface area contributed by atoms with E-state index in [9.17, 15) is 9.18 Å². The number of alkyl halides is 1. The van der Waals surface area contributed by atoms with E-state index in [-0.39, 0.29) is 12.6 Å². The molecule has 0 radical (unpaired) electrons. The fourth-order valence-electron chi connectivity index (χ4n) is 2.92. The number of carbonyl (C=O) groups excluding carboxylic acids is 1. The highest BCUT2D eigenvalue weighted by Gasteiger charge is 2.28. The third-order valence-electron chi connectivity index (χ3n) is 4.09. The molecule has 2 saturated heterocycles. The third-order valence-corrected chi connectivity index (χ3v) is 4.09. The van der Waals surface area contributed by atoms with E-state index in [0.717, 1.165) is 51.9 Å². The molecule has 0 aromatic carbocycles. The number of nitrogens with one attached hydrogen (secondary N) is 1. The molecule has 17 heavy (non-hydrogen) atoms. The summed E-state index contributed by atoms with van der Waals surface area (Å²) in [5.74, 6) is 0.992. The van der Waals surface area contributed by atoms with Gasteiger partial charge in [-0.25, -0.2) is 0 Å². The van der Waals surface area contributed by atoms with Gasteiger partial charge in [0, 0.05) is 19.6 Å². The number of hydrogen-bond acceptors (Lipinski definition) is 2. The third kappa shape index (κ3) is 3.41. The van der Waals surface area contributed by atoms with Crippen LogP contribution in [0.4, 0.5) is 4.39 Å². The van der Waals surface area contributed by atoms with Crippen LogP contribution >= 0.6 is 0 Å². The van der Waals surface area contributed by atoms with Crippen LogP contribution in [0.5, 0.6) is 0 Å². The number of carbonyl (C=O) groups is 1. The Morgan fingerprint density at radius 2 is 2.06 bits per heavy atom. The Morgan fingerprint density at radius 3 is 2.65 bits per heavy atom. The van der Waals surface area contributed by atoms with E-state index in [4.69, 9.17) is 0 Å². The zero-order valence-electron chi connectivity index (χ0n) is 10.5. The van der Waals surface area contributed by atoms with Crippen molar-refractivity contribution < 1.29 is 9.18 Å².